The molecule has 12 aromatic rings. The van der Waals surface area contributed by atoms with Gasteiger partial charge in [0.1, 0.15) is 0 Å². The second-order valence-electron chi connectivity index (χ2n) is 17.6. The van der Waals surface area contributed by atoms with Crippen molar-refractivity contribution < 1.29 is 0 Å². The number of nitrogens with zero attached hydrogens (tertiary/aromatic N) is 7. The molecule has 0 unspecified atom stereocenters. The maximum atomic E-state index is 9.64. The van der Waals surface area contributed by atoms with Crippen LogP contribution < -0.4 is 0 Å². The van der Waals surface area contributed by atoms with Crippen LogP contribution in [0.2, 0.25) is 0 Å². The standard InChI is InChI=1S/C63H37N7/c1-40-2-18-49(19-3-40)68-58-24-12-43(6-4-41-8-20-50(21-9-41)69-60-26-14-45(36-64)32-54(60)55-33-46(37-65)15-27-61(55)69)30-52(58)53-31-44(13-25-59(53)68)7-5-42-10-22-51(23-11-42)70-62-28-16-47(38-66)34-56(62)57-35-48(39-67)17-29-63(57)70/h2-35H,1H3/b6-4+,7-5+. The molecule has 0 aliphatic carbocycles. The smallest absolute Gasteiger partial charge is 0.0991 e. The van der Waals surface area contributed by atoms with Gasteiger partial charge < -0.3 is 13.7 Å². The number of hydrogen-bond acceptors (Lipinski definition) is 4. The summed E-state index contributed by atoms with van der Waals surface area (Å²) in [5.41, 5.74) is 17.1. The van der Waals surface area contributed by atoms with Gasteiger partial charge in [0.2, 0.25) is 0 Å². The van der Waals surface area contributed by atoms with Gasteiger partial charge >= 0.3 is 0 Å². The molecule has 3 aromatic heterocycles. The summed E-state index contributed by atoms with van der Waals surface area (Å²) < 4.78 is 6.72. The summed E-state index contributed by atoms with van der Waals surface area (Å²) in [5.74, 6) is 0. The van der Waals surface area contributed by atoms with Gasteiger partial charge in [0.05, 0.1) is 79.6 Å². The summed E-state index contributed by atoms with van der Waals surface area (Å²) in [7, 11) is 0. The Bertz CT molecular complexity index is 3970. The zero-order valence-corrected chi connectivity index (χ0v) is 37.8. The molecule has 0 aliphatic rings. The van der Waals surface area contributed by atoms with Crippen LogP contribution in [0.1, 0.15) is 50.1 Å². The highest BCUT2D eigenvalue weighted by Crippen LogP contribution is 2.37. The monoisotopic (exact) mass is 891 g/mol. The molecule has 9 aromatic carbocycles. The molecule has 70 heavy (non-hydrogen) atoms. The molecule has 0 N–H and O–H groups in total. The molecule has 7 nitrogen and oxygen atoms in total. The van der Waals surface area contributed by atoms with Crippen LogP contribution in [0.4, 0.5) is 0 Å². The fourth-order valence-electron chi connectivity index (χ4n) is 9.97. The molecule has 0 spiro atoms. The maximum Gasteiger partial charge on any atom is 0.0991 e. The van der Waals surface area contributed by atoms with Gasteiger partial charge in [-0.3, -0.25) is 0 Å². The van der Waals surface area contributed by atoms with Gasteiger partial charge in [-0.05, 0) is 163 Å². The van der Waals surface area contributed by atoms with E-state index in [9.17, 15) is 21.0 Å². The van der Waals surface area contributed by atoms with Crippen molar-refractivity contribution in [2.24, 2.45) is 0 Å². The Hall–Kier alpha value is -10.2. The highest BCUT2D eigenvalue weighted by molar-refractivity contribution is 6.12. The molecule has 12 rings (SSSR count). The Morgan fingerprint density at radius 1 is 0.286 bits per heavy atom. The Labute approximate surface area is 403 Å². The highest BCUT2D eigenvalue weighted by atomic mass is 15.0. The second-order valence-corrected chi connectivity index (χ2v) is 17.6. The van der Waals surface area contributed by atoms with Gasteiger partial charge in [-0.1, -0.05) is 78.4 Å². The van der Waals surface area contributed by atoms with Crippen molar-refractivity contribution in [1.82, 2.24) is 13.7 Å². The summed E-state index contributed by atoms with van der Waals surface area (Å²) in [6, 6.07) is 70.8. The average Bonchev–Trinajstić information content (AvgIpc) is 4.04. The van der Waals surface area contributed by atoms with Gasteiger partial charge in [0.25, 0.3) is 0 Å². The van der Waals surface area contributed by atoms with Crippen molar-refractivity contribution in [3.8, 4) is 41.3 Å². The highest BCUT2D eigenvalue weighted by Gasteiger charge is 2.17. The van der Waals surface area contributed by atoms with Crippen LogP contribution in [0.15, 0.2) is 182 Å². The summed E-state index contributed by atoms with van der Waals surface area (Å²) in [6.45, 7) is 2.11. The molecule has 0 saturated carbocycles. The molecule has 0 saturated heterocycles. The van der Waals surface area contributed by atoms with E-state index in [1.54, 1.807) is 0 Å². The van der Waals surface area contributed by atoms with Gasteiger partial charge in [0, 0.05) is 49.4 Å². The normalized spacial score (nSPS) is 11.6. The first-order valence-electron chi connectivity index (χ1n) is 22.9. The summed E-state index contributed by atoms with van der Waals surface area (Å²) in [4.78, 5) is 0. The lowest BCUT2D eigenvalue weighted by atomic mass is 10.1. The lowest BCUT2D eigenvalue weighted by Gasteiger charge is -2.09. The van der Waals surface area contributed by atoms with E-state index >= 15 is 0 Å². The van der Waals surface area contributed by atoms with E-state index in [0.717, 1.165) is 105 Å². The Morgan fingerprint density at radius 2 is 0.529 bits per heavy atom. The minimum absolute atomic E-state index is 0.581. The van der Waals surface area contributed by atoms with E-state index in [1.165, 1.54) is 5.56 Å². The lowest BCUT2D eigenvalue weighted by Crippen LogP contribution is -1.94. The van der Waals surface area contributed by atoms with E-state index in [1.807, 2.05) is 72.8 Å². The number of aryl methyl sites for hydroxylation is 1. The van der Waals surface area contributed by atoms with Crippen molar-refractivity contribution in [2.75, 3.05) is 0 Å². The molecule has 0 aliphatic heterocycles. The molecule has 7 heteroatoms. The van der Waals surface area contributed by atoms with Crippen LogP contribution in [0.25, 0.3) is 107 Å². The summed E-state index contributed by atoms with van der Waals surface area (Å²) >= 11 is 0. The quantitative estimate of drug-likeness (QED) is 0.148. The number of benzene rings is 9. The van der Waals surface area contributed by atoms with Crippen LogP contribution in [0.5, 0.6) is 0 Å². The third-order valence-electron chi connectivity index (χ3n) is 13.4. The molecular weight excluding hydrogens is 855 g/mol. The van der Waals surface area contributed by atoms with Crippen molar-refractivity contribution in [3.63, 3.8) is 0 Å². The molecular formula is C63H37N7. The minimum atomic E-state index is 0.581. The van der Waals surface area contributed by atoms with Crippen LogP contribution in [-0.2, 0) is 0 Å². The maximum absolute atomic E-state index is 9.64. The number of hydrogen-bond donors (Lipinski definition) is 0. The second kappa shape index (κ2) is 16.6. The fourth-order valence-corrected chi connectivity index (χ4v) is 9.97. The summed E-state index contributed by atoms with van der Waals surface area (Å²) in [5, 5.41) is 44.6. The van der Waals surface area contributed by atoms with E-state index in [-0.39, 0.29) is 0 Å². The summed E-state index contributed by atoms with van der Waals surface area (Å²) in [6.07, 6.45) is 8.61. The average molecular weight is 892 g/mol. The molecule has 3 heterocycles. The predicted octanol–water partition coefficient (Wildman–Crippen LogP) is 15.1. The predicted molar refractivity (Wildman–Crippen MR) is 284 cm³/mol. The van der Waals surface area contributed by atoms with E-state index < -0.39 is 0 Å². The molecule has 0 atom stereocenters. The first-order valence-corrected chi connectivity index (χ1v) is 22.9. The molecule has 0 radical (unpaired) electrons. The SMILES string of the molecule is Cc1ccc(-n2c3ccc(/C=C/c4ccc(-n5c6ccc(C#N)cc6c6cc(C#N)ccc65)cc4)cc3c3cc(/C=C/c4ccc(-n5c6ccc(C#N)cc6c6cc(C#N)ccc65)cc4)ccc32)cc1. The molecule has 0 bridgehead atoms. The van der Waals surface area contributed by atoms with Crippen LogP contribution in [0.3, 0.4) is 0 Å². The first-order chi connectivity index (χ1) is 34.4. The van der Waals surface area contributed by atoms with Crippen LogP contribution in [0, 0.1) is 52.2 Å². The Morgan fingerprint density at radius 3 is 0.829 bits per heavy atom. The molecule has 0 fully saturated rings. The minimum Gasteiger partial charge on any atom is -0.309 e. The third kappa shape index (κ3) is 6.96. The molecule has 324 valence electrons. The van der Waals surface area contributed by atoms with Gasteiger partial charge in [0.15, 0.2) is 0 Å². The van der Waals surface area contributed by atoms with E-state index in [0.29, 0.717) is 22.3 Å². The van der Waals surface area contributed by atoms with E-state index in [2.05, 4.69) is 178 Å². The van der Waals surface area contributed by atoms with E-state index in [4.69, 9.17) is 0 Å². The number of rotatable bonds is 7. The van der Waals surface area contributed by atoms with Crippen molar-refractivity contribution >= 4 is 89.7 Å². The topological polar surface area (TPSA) is 110 Å². The van der Waals surface area contributed by atoms with Crippen LogP contribution >= 0.6 is 0 Å². The first kappa shape index (κ1) is 41.3. The lowest BCUT2D eigenvalue weighted by molar-refractivity contribution is 1.17. The largest absolute Gasteiger partial charge is 0.309 e. The van der Waals surface area contributed by atoms with Crippen molar-refractivity contribution in [3.05, 3.63) is 232 Å². The number of nitriles is 4. The van der Waals surface area contributed by atoms with Gasteiger partial charge in [-0.2, -0.15) is 21.0 Å². The van der Waals surface area contributed by atoms with Crippen molar-refractivity contribution in [1.29, 1.82) is 21.0 Å². The third-order valence-corrected chi connectivity index (χ3v) is 13.4. The van der Waals surface area contributed by atoms with Crippen LogP contribution in [-0.4, -0.2) is 13.7 Å². The Balaban J connectivity index is 0.870. The molecule has 0 amide bonds. The van der Waals surface area contributed by atoms with Gasteiger partial charge in [-0.15, -0.1) is 0 Å². The Kier molecular flexibility index (Phi) is 9.79. The van der Waals surface area contributed by atoms with Gasteiger partial charge in [-0.25, -0.2) is 0 Å². The number of fused-ring (bicyclic) bond motifs is 9. The zero-order valence-electron chi connectivity index (χ0n) is 37.8. The fraction of sp³-hybridized carbons (Fsp3) is 0.0159. The zero-order chi connectivity index (χ0) is 47.5. The van der Waals surface area contributed by atoms with Crippen molar-refractivity contribution in [2.45, 2.75) is 6.92 Å². The number of aromatic nitrogens is 3.